The predicted molar refractivity (Wildman–Crippen MR) is 74.0 cm³/mol. The van der Waals surface area contributed by atoms with Gasteiger partial charge in [0.2, 0.25) is 0 Å². The van der Waals surface area contributed by atoms with Crippen molar-refractivity contribution in [3.8, 4) is 0 Å². The normalized spacial score (nSPS) is 15.1. The second-order valence-corrected chi connectivity index (χ2v) is 4.62. The lowest BCUT2D eigenvalue weighted by Gasteiger charge is -2.17. The first-order valence-corrected chi connectivity index (χ1v) is 6.70. The number of rotatable bonds is 12. The van der Waals surface area contributed by atoms with Crippen LogP contribution in [-0.4, -0.2) is 64.4 Å². The van der Waals surface area contributed by atoms with Crippen LogP contribution in [0.15, 0.2) is 0 Å². The Morgan fingerprint density at radius 2 is 1.38 bits per heavy atom. The third-order valence-corrected chi connectivity index (χ3v) is 2.99. The first-order chi connectivity index (χ1) is 9.79. The number of carbonyl (C=O) groups is 3. The summed E-state index contributed by atoms with van der Waals surface area (Å²) in [5.41, 5.74) is 5.31. The monoisotopic (exact) mass is 305 g/mol. The van der Waals surface area contributed by atoms with Gasteiger partial charge in [-0.15, -0.1) is 0 Å². The van der Waals surface area contributed by atoms with E-state index in [4.69, 9.17) is 21.1 Å². The van der Waals surface area contributed by atoms with Crippen molar-refractivity contribution >= 4 is 17.9 Å². The van der Waals surface area contributed by atoms with E-state index < -0.39 is 36.0 Å². The summed E-state index contributed by atoms with van der Waals surface area (Å²) in [5.74, 6) is -3.20. The zero-order chi connectivity index (χ0) is 16.4. The summed E-state index contributed by atoms with van der Waals surface area (Å²) >= 11 is 0. The van der Waals surface area contributed by atoms with Crippen molar-refractivity contribution in [3.05, 3.63) is 0 Å². The van der Waals surface area contributed by atoms with Crippen LogP contribution in [-0.2, 0) is 14.4 Å². The number of hydrogen-bond donors (Lipinski definition) is 6. The van der Waals surface area contributed by atoms with E-state index in [0.29, 0.717) is 6.42 Å². The molecular weight excluding hydrogens is 282 g/mol. The fourth-order valence-electron chi connectivity index (χ4n) is 1.66. The van der Waals surface area contributed by atoms with Crippen LogP contribution >= 0.6 is 0 Å². The van der Waals surface area contributed by atoms with E-state index in [1.54, 1.807) is 6.92 Å². The molecule has 0 spiro atoms. The van der Waals surface area contributed by atoms with Gasteiger partial charge in [-0.3, -0.25) is 14.4 Å². The quantitative estimate of drug-likeness (QED) is 0.256. The molecule has 122 valence electrons. The number of aliphatic carboxylic acids is 3. The van der Waals surface area contributed by atoms with E-state index in [9.17, 15) is 14.4 Å². The summed E-state index contributed by atoms with van der Waals surface area (Å²) < 4.78 is 0. The standard InChI is InChI=1S/C12H23N3O6/c1-2-8(11(18)19)14-6-4-9(12(20)21)15-5-3-7(13)10(16)17/h7-9,14-15H,2-6,13H2,1H3,(H,16,17)(H,18,19)(H,20,21)/t7-,8-,9-/m0/s1. The largest absolute Gasteiger partial charge is 0.480 e. The molecule has 0 aliphatic heterocycles. The summed E-state index contributed by atoms with van der Waals surface area (Å²) in [7, 11) is 0. The average Bonchev–Trinajstić information content (AvgIpc) is 2.40. The molecule has 0 radical (unpaired) electrons. The summed E-state index contributed by atoms with van der Waals surface area (Å²) in [6.07, 6.45) is 0.689. The molecule has 0 unspecified atom stereocenters. The Hall–Kier alpha value is -1.71. The van der Waals surface area contributed by atoms with Gasteiger partial charge < -0.3 is 31.7 Å². The molecule has 0 amide bonds. The van der Waals surface area contributed by atoms with Gasteiger partial charge in [0.1, 0.15) is 18.1 Å². The van der Waals surface area contributed by atoms with Crippen molar-refractivity contribution in [2.75, 3.05) is 13.1 Å². The molecular formula is C12H23N3O6. The third kappa shape index (κ3) is 8.23. The van der Waals surface area contributed by atoms with Gasteiger partial charge >= 0.3 is 17.9 Å². The number of hydrogen-bond acceptors (Lipinski definition) is 6. The molecule has 0 aliphatic rings. The maximum Gasteiger partial charge on any atom is 0.320 e. The number of carboxylic acid groups (broad SMARTS) is 3. The van der Waals surface area contributed by atoms with Gasteiger partial charge in [-0.2, -0.15) is 0 Å². The fraction of sp³-hybridized carbons (Fsp3) is 0.750. The van der Waals surface area contributed by atoms with E-state index in [2.05, 4.69) is 10.6 Å². The highest BCUT2D eigenvalue weighted by Crippen LogP contribution is 1.96. The molecule has 9 nitrogen and oxygen atoms in total. The molecule has 0 aromatic heterocycles. The first-order valence-electron chi connectivity index (χ1n) is 6.70. The Labute approximate surface area is 122 Å². The van der Waals surface area contributed by atoms with Gasteiger partial charge in [0.05, 0.1) is 0 Å². The molecule has 0 saturated carbocycles. The summed E-state index contributed by atoms with van der Waals surface area (Å²) in [4.78, 5) is 32.3. The summed E-state index contributed by atoms with van der Waals surface area (Å²) in [6.45, 7) is 2.09. The number of nitrogens with one attached hydrogen (secondary N) is 2. The molecule has 21 heavy (non-hydrogen) atoms. The molecule has 0 aliphatic carbocycles. The van der Waals surface area contributed by atoms with Gasteiger partial charge in [0, 0.05) is 0 Å². The van der Waals surface area contributed by atoms with Gasteiger partial charge in [-0.05, 0) is 32.4 Å². The molecule has 0 rings (SSSR count). The van der Waals surface area contributed by atoms with Crippen molar-refractivity contribution in [2.24, 2.45) is 5.73 Å². The van der Waals surface area contributed by atoms with E-state index in [1.807, 2.05) is 0 Å². The summed E-state index contributed by atoms with van der Waals surface area (Å²) in [5, 5.41) is 31.9. The average molecular weight is 305 g/mol. The van der Waals surface area contributed by atoms with Gasteiger partial charge in [0.25, 0.3) is 0 Å². The Kier molecular flexibility index (Phi) is 9.26. The topological polar surface area (TPSA) is 162 Å². The molecule has 0 saturated heterocycles. The maximum atomic E-state index is 11.0. The van der Waals surface area contributed by atoms with Crippen molar-refractivity contribution in [1.82, 2.24) is 10.6 Å². The van der Waals surface area contributed by atoms with E-state index in [-0.39, 0.29) is 25.9 Å². The number of nitrogens with two attached hydrogens (primary N) is 1. The van der Waals surface area contributed by atoms with Gasteiger partial charge in [-0.25, -0.2) is 0 Å². The minimum absolute atomic E-state index is 0.110. The van der Waals surface area contributed by atoms with Crippen LogP contribution < -0.4 is 16.4 Å². The molecule has 0 aromatic rings. The fourth-order valence-corrected chi connectivity index (χ4v) is 1.66. The Bertz CT molecular complexity index is 363. The minimum atomic E-state index is -1.14. The lowest BCUT2D eigenvalue weighted by atomic mass is 10.1. The van der Waals surface area contributed by atoms with Crippen LogP contribution in [0.1, 0.15) is 26.2 Å². The molecule has 0 heterocycles. The van der Waals surface area contributed by atoms with Crippen molar-refractivity contribution in [3.63, 3.8) is 0 Å². The van der Waals surface area contributed by atoms with Crippen LogP contribution in [0, 0.1) is 0 Å². The van der Waals surface area contributed by atoms with Crippen molar-refractivity contribution in [1.29, 1.82) is 0 Å². The van der Waals surface area contributed by atoms with E-state index >= 15 is 0 Å². The zero-order valence-corrected chi connectivity index (χ0v) is 11.9. The predicted octanol–water partition coefficient (Wildman–Crippen LogP) is -1.33. The van der Waals surface area contributed by atoms with Crippen molar-refractivity contribution in [2.45, 2.75) is 44.3 Å². The van der Waals surface area contributed by atoms with E-state index in [0.717, 1.165) is 0 Å². The second kappa shape index (κ2) is 10.1. The highest BCUT2D eigenvalue weighted by molar-refractivity contribution is 5.74. The highest BCUT2D eigenvalue weighted by atomic mass is 16.4. The molecule has 9 heteroatoms. The smallest absolute Gasteiger partial charge is 0.320 e. The number of carboxylic acids is 3. The Morgan fingerprint density at radius 1 is 0.905 bits per heavy atom. The molecule has 7 N–H and O–H groups in total. The van der Waals surface area contributed by atoms with Gasteiger partial charge in [-0.1, -0.05) is 6.92 Å². The SMILES string of the molecule is CC[C@H](NCC[C@H](NCC[C@H](N)C(=O)O)C(=O)O)C(=O)O. The van der Waals surface area contributed by atoms with Crippen LogP contribution in [0.3, 0.4) is 0 Å². The zero-order valence-electron chi connectivity index (χ0n) is 11.9. The van der Waals surface area contributed by atoms with Crippen LogP contribution in [0.2, 0.25) is 0 Å². The van der Waals surface area contributed by atoms with Crippen molar-refractivity contribution < 1.29 is 29.7 Å². The highest BCUT2D eigenvalue weighted by Gasteiger charge is 2.20. The lowest BCUT2D eigenvalue weighted by Crippen LogP contribution is -2.44. The maximum absolute atomic E-state index is 11.0. The van der Waals surface area contributed by atoms with Gasteiger partial charge in [0.15, 0.2) is 0 Å². The van der Waals surface area contributed by atoms with Crippen LogP contribution in [0.5, 0.6) is 0 Å². The molecule has 0 bridgehead atoms. The molecule has 3 atom stereocenters. The van der Waals surface area contributed by atoms with Crippen LogP contribution in [0.25, 0.3) is 0 Å². The third-order valence-electron chi connectivity index (χ3n) is 2.99. The molecule has 0 aromatic carbocycles. The van der Waals surface area contributed by atoms with E-state index in [1.165, 1.54) is 0 Å². The second-order valence-electron chi connectivity index (χ2n) is 4.62. The Morgan fingerprint density at radius 3 is 1.81 bits per heavy atom. The molecule has 0 fully saturated rings. The summed E-state index contributed by atoms with van der Waals surface area (Å²) in [6, 6.07) is -2.63. The lowest BCUT2D eigenvalue weighted by molar-refractivity contribution is -0.140. The minimum Gasteiger partial charge on any atom is -0.480 e. The first kappa shape index (κ1) is 19.3. The van der Waals surface area contributed by atoms with Crippen LogP contribution in [0.4, 0.5) is 0 Å². The Balaban J connectivity index is 4.11.